The lowest BCUT2D eigenvalue weighted by Crippen LogP contribution is -2.50. The van der Waals surface area contributed by atoms with Gasteiger partial charge in [-0.3, -0.25) is 19.8 Å². The average molecular weight is 634 g/mol. The highest BCUT2D eigenvalue weighted by molar-refractivity contribution is 7.89. The molecule has 0 spiro atoms. The minimum absolute atomic E-state index is 0.145. The van der Waals surface area contributed by atoms with Crippen molar-refractivity contribution in [2.75, 3.05) is 45.2 Å². The van der Waals surface area contributed by atoms with E-state index in [2.05, 4.69) is 10.2 Å². The van der Waals surface area contributed by atoms with Crippen LogP contribution >= 0.6 is 0 Å². The van der Waals surface area contributed by atoms with Crippen LogP contribution in [0.3, 0.4) is 0 Å². The number of hydrogen-bond donors (Lipinski definition) is 2. The number of rotatable bonds is 9. The van der Waals surface area contributed by atoms with Crippen LogP contribution in [0.15, 0.2) is 77.7 Å². The first-order chi connectivity index (χ1) is 21.7. The molecule has 0 saturated carbocycles. The molecule has 1 atom stereocenters. The molecule has 0 bridgehead atoms. The molecule has 2 aliphatic heterocycles. The molecule has 3 heterocycles. The van der Waals surface area contributed by atoms with E-state index in [-0.39, 0.29) is 29.7 Å². The van der Waals surface area contributed by atoms with E-state index >= 15 is 0 Å². The number of methoxy groups -OCH3 is 1. The van der Waals surface area contributed by atoms with Crippen molar-refractivity contribution in [2.45, 2.75) is 17.4 Å². The van der Waals surface area contributed by atoms with Crippen molar-refractivity contribution in [1.29, 1.82) is 0 Å². The predicted octanol–water partition coefficient (Wildman–Crippen LogP) is 3.54. The third kappa shape index (κ3) is 5.80. The Labute approximate surface area is 259 Å². The molecule has 234 valence electrons. The van der Waals surface area contributed by atoms with Crippen molar-refractivity contribution in [3.05, 3.63) is 94.3 Å². The molecule has 1 aromatic heterocycles. The van der Waals surface area contributed by atoms with E-state index in [0.29, 0.717) is 60.4 Å². The van der Waals surface area contributed by atoms with Crippen LogP contribution in [0.4, 0.5) is 11.4 Å². The Morgan fingerprint density at radius 1 is 1.00 bits per heavy atom. The van der Waals surface area contributed by atoms with Gasteiger partial charge in [0.15, 0.2) is 10.6 Å². The number of carbonyl (C=O) groups is 1. The maximum atomic E-state index is 13.3. The molecule has 1 amide bonds. The Morgan fingerprint density at radius 3 is 2.40 bits per heavy atom. The molecule has 1 saturated heterocycles. The lowest BCUT2D eigenvalue weighted by molar-refractivity contribution is -0.387. The Morgan fingerprint density at radius 2 is 1.71 bits per heavy atom. The molecule has 3 aromatic carbocycles. The number of sulfonamides is 1. The van der Waals surface area contributed by atoms with Crippen LogP contribution in [0.2, 0.25) is 0 Å². The molecule has 4 aromatic rings. The number of nitrogens with one attached hydrogen (secondary N) is 1. The number of nitrogens with two attached hydrogens (primary N) is 1. The minimum Gasteiger partial charge on any atom is -0.497 e. The lowest BCUT2D eigenvalue weighted by Gasteiger charge is -2.39. The summed E-state index contributed by atoms with van der Waals surface area (Å²) in [4.78, 5) is 25.3. The van der Waals surface area contributed by atoms with Gasteiger partial charge in [-0.05, 0) is 48.9 Å². The number of nitro benzene ring substituents is 1. The van der Waals surface area contributed by atoms with Crippen molar-refractivity contribution in [3.63, 3.8) is 0 Å². The first-order valence-electron chi connectivity index (χ1n) is 14.2. The highest BCUT2D eigenvalue weighted by atomic mass is 32.2. The van der Waals surface area contributed by atoms with E-state index in [4.69, 9.17) is 20.3 Å². The van der Waals surface area contributed by atoms with Gasteiger partial charge in [0, 0.05) is 44.9 Å². The summed E-state index contributed by atoms with van der Waals surface area (Å²) in [6, 6.07) is 19.5. The van der Waals surface area contributed by atoms with Crippen LogP contribution in [0, 0.1) is 10.1 Å². The van der Waals surface area contributed by atoms with Crippen molar-refractivity contribution < 1.29 is 27.6 Å². The van der Waals surface area contributed by atoms with Crippen LogP contribution in [0.25, 0.3) is 5.69 Å². The number of ether oxygens (including phenoxy) is 2. The zero-order valence-corrected chi connectivity index (χ0v) is 25.1. The van der Waals surface area contributed by atoms with Crippen LogP contribution in [0.1, 0.15) is 28.6 Å². The molecule has 1 fully saturated rings. The number of primary amides is 1. The highest BCUT2D eigenvalue weighted by Crippen LogP contribution is 2.38. The fourth-order valence-corrected chi connectivity index (χ4v) is 7.34. The molecular weight excluding hydrogens is 602 g/mol. The third-order valence-corrected chi connectivity index (χ3v) is 9.88. The zero-order chi connectivity index (χ0) is 31.7. The Kier molecular flexibility index (Phi) is 8.14. The zero-order valence-electron chi connectivity index (χ0n) is 24.3. The number of benzene rings is 3. The van der Waals surface area contributed by atoms with E-state index in [0.717, 1.165) is 0 Å². The van der Waals surface area contributed by atoms with Crippen molar-refractivity contribution in [2.24, 2.45) is 5.73 Å². The molecule has 6 rings (SSSR count). The number of nitrogens with zero attached hydrogens (tertiary/aromatic N) is 5. The summed E-state index contributed by atoms with van der Waals surface area (Å²) >= 11 is 0. The van der Waals surface area contributed by atoms with E-state index in [1.165, 1.54) is 33.3 Å². The quantitative estimate of drug-likeness (QED) is 0.205. The lowest BCUT2D eigenvalue weighted by atomic mass is 10.0. The first kappa shape index (κ1) is 30.1. The predicted molar refractivity (Wildman–Crippen MR) is 164 cm³/mol. The number of amides is 1. The number of aromatic nitrogens is 2. The summed E-state index contributed by atoms with van der Waals surface area (Å²) in [5, 5.41) is 19.6. The molecule has 45 heavy (non-hydrogen) atoms. The van der Waals surface area contributed by atoms with Gasteiger partial charge in [0.25, 0.3) is 11.6 Å². The van der Waals surface area contributed by atoms with Gasteiger partial charge >= 0.3 is 0 Å². The van der Waals surface area contributed by atoms with Crippen LogP contribution < -0.4 is 20.5 Å². The Bertz CT molecular complexity index is 1850. The summed E-state index contributed by atoms with van der Waals surface area (Å²) < 4.78 is 40.7. The van der Waals surface area contributed by atoms with Crippen molar-refractivity contribution in [3.8, 4) is 22.9 Å². The second kappa shape index (κ2) is 12.2. The van der Waals surface area contributed by atoms with Gasteiger partial charge in [-0.1, -0.05) is 18.2 Å². The fraction of sp³-hybridized carbons (Fsp3) is 0.267. The molecule has 0 unspecified atom stereocenters. The van der Waals surface area contributed by atoms with Crippen LogP contribution in [-0.2, 0) is 10.0 Å². The Hall–Kier alpha value is -4.99. The maximum Gasteiger partial charge on any atom is 0.289 e. The fourth-order valence-electron chi connectivity index (χ4n) is 5.76. The number of fused-ring (bicyclic) bond motifs is 1. The third-order valence-electron chi connectivity index (χ3n) is 7.93. The van der Waals surface area contributed by atoms with E-state index in [1.807, 2.05) is 18.2 Å². The number of para-hydroxylation sites is 1. The molecular formula is C30H31N7O7S. The summed E-state index contributed by atoms with van der Waals surface area (Å²) in [6.07, 6.45) is 0.673. The normalized spacial score (nSPS) is 17.2. The molecule has 0 radical (unpaired) electrons. The second-order valence-corrected chi connectivity index (χ2v) is 12.5. The SMILES string of the molecule is COc1cccc(Oc2ccc(-n3nc4c(c3C(N)=O)NCC[C@@H]4N3CCN(S(=O)(=O)c4ccccc4[N+](=O)[O-])CC3)cc2)c1. The largest absolute Gasteiger partial charge is 0.497 e. The van der Waals surface area contributed by atoms with Gasteiger partial charge in [-0.2, -0.15) is 9.40 Å². The van der Waals surface area contributed by atoms with Gasteiger partial charge in [0.05, 0.1) is 29.4 Å². The molecule has 15 heteroatoms. The smallest absolute Gasteiger partial charge is 0.289 e. The summed E-state index contributed by atoms with van der Waals surface area (Å²) in [5.74, 6) is 1.21. The van der Waals surface area contributed by atoms with Gasteiger partial charge in [0.1, 0.15) is 22.9 Å². The number of hydrogen-bond acceptors (Lipinski definition) is 10. The average Bonchev–Trinajstić information content (AvgIpc) is 3.45. The van der Waals surface area contributed by atoms with Gasteiger partial charge in [-0.25, -0.2) is 13.1 Å². The molecule has 0 aliphatic carbocycles. The van der Waals surface area contributed by atoms with Crippen LogP contribution in [-0.4, -0.2) is 78.1 Å². The van der Waals surface area contributed by atoms with Gasteiger partial charge in [-0.15, -0.1) is 0 Å². The second-order valence-electron chi connectivity index (χ2n) is 10.6. The van der Waals surface area contributed by atoms with E-state index in [1.54, 1.807) is 37.4 Å². The number of carbonyl (C=O) groups excluding carboxylic acids is 1. The minimum atomic E-state index is -4.07. The van der Waals surface area contributed by atoms with Gasteiger partial charge < -0.3 is 20.5 Å². The highest BCUT2D eigenvalue weighted by Gasteiger charge is 2.38. The summed E-state index contributed by atoms with van der Waals surface area (Å²) in [6.45, 7) is 1.60. The van der Waals surface area contributed by atoms with E-state index < -0.39 is 26.5 Å². The van der Waals surface area contributed by atoms with E-state index in [9.17, 15) is 23.3 Å². The Balaban J connectivity index is 1.22. The standard InChI is InChI=1S/C30H31N7O7S/c1-43-22-5-4-6-23(19-22)44-21-11-9-20(10-12-21)36-29(30(31)38)28-27(33-36)25(13-14-32-28)34-15-17-35(18-16-34)45(41,42)26-8-3-2-7-24(26)37(39)40/h2-12,19,25,32H,13-18H2,1H3,(H2,31,38)/t25-/m0/s1. The molecule has 3 N–H and O–H groups in total. The van der Waals surface area contributed by atoms with Crippen LogP contribution in [0.5, 0.6) is 17.2 Å². The monoisotopic (exact) mass is 633 g/mol. The molecule has 2 aliphatic rings. The number of piperazine rings is 1. The van der Waals surface area contributed by atoms with Crippen molar-refractivity contribution in [1.82, 2.24) is 19.0 Å². The molecule has 14 nitrogen and oxygen atoms in total. The summed E-state index contributed by atoms with van der Waals surface area (Å²) in [7, 11) is -2.49. The maximum absolute atomic E-state index is 13.3. The summed E-state index contributed by atoms with van der Waals surface area (Å²) in [5.41, 5.74) is 7.41. The first-order valence-corrected chi connectivity index (χ1v) is 15.7. The topological polar surface area (TPSA) is 175 Å². The van der Waals surface area contributed by atoms with Crippen molar-refractivity contribution >= 4 is 27.3 Å². The number of nitro groups is 1. The number of anilines is 1. The van der Waals surface area contributed by atoms with Gasteiger partial charge in [0.2, 0.25) is 10.0 Å².